The first kappa shape index (κ1) is 10.4. The van der Waals surface area contributed by atoms with Crippen LogP contribution in [0.25, 0.3) is 0 Å². The van der Waals surface area contributed by atoms with E-state index in [4.69, 9.17) is 5.26 Å². The van der Waals surface area contributed by atoms with Gasteiger partial charge < -0.3 is 5.32 Å². The molecular formula is C13H12N2O. The van der Waals surface area contributed by atoms with Crippen molar-refractivity contribution < 1.29 is 4.79 Å². The summed E-state index contributed by atoms with van der Waals surface area (Å²) >= 11 is 0. The first-order valence-electron chi connectivity index (χ1n) is 5.20. The molecule has 80 valence electrons. The zero-order valence-electron chi connectivity index (χ0n) is 8.86. The maximum absolute atomic E-state index is 11.2. The first-order chi connectivity index (χ1) is 7.74. The molecule has 1 atom stereocenters. The van der Waals surface area contributed by atoms with Crippen LogP contribution in [-0.4, -0.2) is 5.91 Å². The molecule has 0 aromatic heterocycles. The van der Waals surface area contributed by atoms with Crippen molar-refractivity contribution in [2.24, 2.45) is 0 Å². The minimum Gasteiger partial charge on any atom is -0.346 e. The van der Waals surface area contributed by atoms with E-state index >= 15 is 0 Å². The molecule has 1 aromatic rings. The molecule has 0 spiro atoms. The number of nitrogens with zero attached hydrogens (tertiary/aromatic N) is 1. The van der Waals surface area contributed by atoms with Gasteiger partial charge in [-0.2, -0.15) is 5.26 Å². The maximum atomic E-state index is 11.2. The standard InChI is InChI=1S/C13H12N2O/c1-2-13(16)15-12-6-4-10-7-9(8-14)3-5-11(10)12/h2-3,5,7,12H,1,4,6H2,(H,15,16). The Morgan fingerprint density at radius 1 is 1.62 bits per heavy atom. The summed E-state index contributed by atoms with van der Waals surface area (Å²) in [6.07, 6.45) is 3.08. The van der Waals surface area contributed by atoms with Crippen LogP contribution in [0.2, 0.25) is 0 Å². The van der Waals surface area contributed by atoms with Gasteiger partial charge in [0.05, 0.1) is 17.7 Å². The second kappa shape index (κ2) is 4.19. The monoisotopic (exact) mass is 212 g/mol. The van der Waals surface area contributed by atoms with Crippen LogP contribution in [0.15, 0.2) is 30.9 Å². The molecule has 0 aliphatic heterocycles. The highest BCUT2D eigenvalue weighted by atomic mass is 16.1. The van der Waals surface area contributed by atoms with Crippen LogP contribution in [0.1, 0.15) is 29.2 Å². The van der Waals surface area contributed by atoms with Crippen LogP contribution in [0.4, 0.5) is 0 Å². The summed E-state index contributed by atoms with van der Waals surface area (Å²) in [7, 11) is 0. The molecule has 0 radical (unpaired) electrons. The molecule has 1 unspecified atom stereocenters. The van der Waals surface area contributed by atoms with Gasteiger partial charge in [-0.1, -0.05) is 12.6 Å². The number of hydrogen-bond donors (Lipinski definition) is 1. The second-order valence-electron chi connectivity index (χ2n) is 3.83. The van der Waals surface area contributed by atoms with Crippen LogP contribution in [0.5, 0.6) is 0 Å². The molecule has 1 N–H and O–H groups in total. The van der Waals surface area contributed by atoms with E-state index in [2.05, 4.69) is 18.0 Å². The van der Waals surface area contributed by atoms with Crippen molar-refractivity contribution in [2.75, 3.05) is 0 Å². The lowest BCUT2D eigenvalue weighted by Gasteiger charge is -2.12. The Morgan fingerprint density at radius 3 is 3.12 bits per heavy atom. The quantitative estimate of drug-likeness (QED) is 0.760. The Balaban J connectivity index is 2.24. The molecule has 2 rings (SSSR count). The van der Waals surface area contributed by atoms with Gasteiger partial charge in [0.15, 0.2) is 0 Å². The number of benzene rings is 1. The van der Waals surface area contributed by atoms with Gasteiger partial charge >= 0.3 is 0 Å². The molecular weight excluding hydrogens is 200 g/mol. The fraction of sp³-hybridized carbons (Fsp3) is 0.231. The number of nitrogens with one attached hydrogen (secondary N) is 1. The highest BCUT2D eigenvalue weighted by Crippen LogP contribution is 2.31. The number of rotatable bonds is 2. The molecule has 1 amide bonds. The Morgan fingerprint density at radius 2 is 2.44 bits per heavy atom. The molecule has 1 aliphatic rings. The van der Waals surface area contributed by atoms with Gasteiger partial charge in [0.1, 0.15) is 0 Å². The topological polar surface area (TPSA) is 52.9 Å². The molecule has 0 saturated heterocycles. The second-order valence-corrected chi connectivity index (χ2v) is 3.83. The molecule has 0 saturated carbocycles. The summed E-state index contributed by atoms with van der Waals surface area (Å²) in [6, 6.07) is 7.80. The van der Waals surface area contributed by atoms with Crippen LogP contribution in [0.3, 0.4) is 0 Å². The lowest BCUT2D eigenvalue weighted by atomic mass is 10.1. The fourth-order valence-electron chi connectivity index (χ4n) is 2.07. The van der Waals surface area contributed by atoms with Crippen LogP contribution in [-0.2, 0) is 11.2 Å². The number of carbonyl (C=O) groups excluding carboxylic acids is 1. The van der Waals surface area contributed by atoms with E-state index in [1.165, 1.54) is 6.08 Å². The van der Waals surface area contributed by atoms with E-state index in [-0.39, 0.29) is 11.9 Å². The van der Waals surface area contributed by atoms with Crippen LogP contribution in [0, 0.1) is 11.3 Å². The first-order valence-corrected chi connectivity index (χ1v) is 5.20. The number of amides is 1. The molecule has 1 aliphatic carbocycles. The highest BCUT2D eigenvalue weighted by molar-refractivity contribution is 5.87. The largest absolute Gasteiger partial charge is 0.346 e. The zero-order valence-corrected chi connectivity index (χ0v) is 8.86. The van der Waals surface area contributed by atoms with Gasteiger partial charge in [0, 0.05) is 0 Å². The molecule has 16 heavy (non-hydrogen) atoms. The van der Waals surface area contributed by atoms with E-state index in [0.717, 1.165) is 24.0 Å². The minimum absolute atomic E-state index is 0.0632. The van der Waals surface area contributed by atoms with Crippen molar-refractivity contribution >= 4 is 5.91 Å². The highest BCUT2D eigenvalue weighted by Gasteiger charge is 2.23. The van der Waals surface area contributed by atoms with Crippen LogP contribution < -0.4 is 5.32 Å². The van der Waals surface area contributed by atoms with E-state index in [0.29, 0.717) is 5.56 Å². The predicted octanol–water partition coefficient (Wildman–Crippen LogP) is 1.85. The summed E-state index contributed by atoms with van der Waals surface area (Å²) in [5.74, 6) is -0.151. The van der Waals surface area contributed by atoms with Crippen molar-refractivity contribution in [1.82, 2.24) is 5.32 Å². The summed E-state index contributed by atoms with van der Waals surface area (Å²) in [6.45, 7) is 3.43. The summed E-state index contributed by atoms with van der Waals surface area (Å²) in [5.41, 5.74) is 2.96. The van der Waals surface area contributed by atoms with Crippen molar-refractivity contribution in [3.63, 3.8) is 0 Å². The fourth-order valence-corrected chi connectivity index (χ4v) is 2.07. The Kier molecular flexibility index (Phi) is 2.74. The molecule has 3 nitrogen and oxygen atoms in total. The normalized spacial score (nSPS) is 17.3. The van der Waals surface area contributed by atoms with Crippen molar-refractivity contribution in [1.29, 1.82) is 5.26 Å². The summed E-state index contributed by atoms with van der Waals surface area (Å²) in [5, 5.41) is 11.7. The molecule has 0 fully saturated rings. The summed E-state index contributed by atoms with van der Waals surface area (Å²) < 4.78 is 0. The molecule has 0 bridgehead atoms. The third kappa shape index (κ3) is 1.82. The average Bonchev–Trinajstić information content (AvgIpc) is 2.71. The van der Waals surface area contributed by atoms with E-state index < -0.39 is 0 Å². The predicted molar refractivity (Wildman–Crippen MR) is 60.6 cm³/mol. The van der Waals surface area contributed by atoms with Crippen LogP contribution >= 0.6 is 0 Å². The molecule has 1 aromatic carbocycles. The number of carbonyl (C=O) groups is 1. The van der Waals surface area contributed by atoms with Crippen molar-refractivity contribution in [3.05, 3.63) is 47.5 Å². The van der Waals surface area contributed by atoms with Gasteiger partial charge in [-0.25, -0.2) is 0 Å². The van der Waals surface area contributed by atoms with E-state index in [9.17, 15) is 4.79 Å². The third-order valence-electron chi connectivity index (χ3n) is 2.85. The average molecular weight is 212 g/mol. The molecule has 0 heterocycles. The van der Waals surface area contributed by atoms with E-state index in [1.54, 1.807) is 6.07 Å². The third-order valence-corrected chi connectivity index (χ3v) is 2.85. The van der Waals surface area contributed by atoms with Crippen molar-refractivity contribution in [3.8, 4) is 6.07 Å². The van der Waals surface area contributed by atoms with E-state index in [1.807, 2.05) is 12.1 Å². The Hall–Kier alpha value is -2.08. The van der Waals surface area contributed by atoms with Gasteiger partial charge in [-0.05, 0) is 42.2 Å². The van der Waals surface area contributed by atoms with Gasteiger partial charge in [0.2, 0.25) is 5.91 Å². The minimum atomic E-state index is -0.151. The van der Waals surface area contributed by atoms with Gasteiger partial charge in [-0.15, -0.1) is 0 Å². The Labute approximate surface area is 94.4 Å². The van der Waals surface area contributed by atoms with Gasteiger partial charge in [-0.3, -0.25) is 4.79 Å². The summed E-state index contributed by atoms with van der Waals surface area (Å²) in [4.78, 5) is 11.2. The van der Waals surface area contributed by atoms with Gasteiger partial charge in [0.25, 0.3) is 0 Å². The molecule has 3 heteroatoms. The number of fused-ring (bicyclic) bond motifs is 1. The number of aryl methyl sites for hydroxylation is 1. The Bertz CT molecular complexity index is 485. The number of nitriles is 1. The lowest BCUT2D eigenvalue weighted by molar-refractivity contribution is -0.117. The lowest BCUT2D eigenvalue weighted by Crippen LogP contribution is -2.24. The maximum Gasteiger partial charge on any atom is 0.243 e. The SMILES string of the molecule is C=CC(=O)NC1CCc2cc(C#N)ccc21. The van der Waals surface area contributed by atoms with Crippen molar-refractivity contribution in [2.45, 2.75) is 18.9 Å². The zero-order chi connectivity index (χ0) is 11.5. The number of hydrogen-bond acceptors (Lipinski definition) is 2. The smallest absolute Gasteiger partial charge is 0.243 e.